The largest absolute Gasteiger partial charge is 0.494 e. The van der Waals surface area contributed by atoms with Crippen LogP contribution in [-0.2, 0) is 10.1 Å². The van der Waals surface area contributed by atoms with Gasteiger partial charge in [-0.3, -0.25) is 15.4 Å². The standard InChI is InChI=1S/C19H24N4O2.CH4O3S/c20-18(21)14-4-8-16(9-5-14)24-12-2-1-3-13-25-17-10-6-15(7-11-17)19(22)23;1-5(2,3)4/h4-11H,1-3,12-13H2,(H3,20,21)(H3,22,23);1H3,(H,2,3,4). The Labute approximate surface area is 176 Å². The van der Waals surface area contributed by atoms with Gasteiger partial charge in [-0.2, -0.15) is 8.42 Å². The average molecular weight is 437 g/mol. The van der Waals surface area contributed by atoms with Crippen molar-refractivity contribution in [1.29, 1.82) is 10.8 Å². The number of benzene rings is 2. The van der Waals surface area contributed by atoms with E-state index in [9.17, 15) is 8.42 Å². The Hall–Kier alpha value is -3.11. The van der Waals surface area contributed by atoms with Gasteiger partial charge in [-0.05, 0) is 67.8 Å². The fraction of sp³-hybridized carbons (Fsp3) is 0.300. The lowest BCUT2D eigenvalue weighted by Crippen LogP contribution is -2.10. The van der Waals surface area contributed by atoms with Crippen molar-refractivity contribution in [3.63, 3.8) is 0 Å². The Morgan fingerprint density at radius 3 is 1.37 bits per heavy atom. The Morgan fingerprint density at radius 2 is 1.10 bits per heavy atom. The molecule has 9 nitrogen and oxygen atoms in total. The normalized spacial score (nSPS) is 10.5. The van der Waals surface area contributed by atoms with Crippen LogP contribution in [-0.4, -0.2) is 44.1 Å². The fourth-order valence-electron chi connectivity index (χ4n) is 2.22. The molecule has 0 fully saturated rings. The lowest BCUT2D eigenvalue weighted by atomic mass is 10.2. The molecule has 0 heterocycles. The van der Waals surface area contributed by atoms with Crippen molar-refractivity contribution in [2.75, 3.05) is 19.5 Å². The summed E-state index contributed by atoms with van der Waals surface area (Å²) in [6, 6.07) is 14.4. The maximum atomic E-state index is 9.19. The van der Waals surface area contributed by atoms with E-state index in [1.165, 1.54) is 0 Å². The van der Waals surface area contributed by atoms with Crippen LogP contribution >= 0.6 is 0 Å². The first-order valence-corrected chi connectivity index (χ1v) is 11.0. The van der Waals surface area contributed by atoms with Crippen LogP contribution in [0.3, 0.4) is 0 Å². The van der Waals surface area contributed by atoms with Gasteiger partial charge in [0, 0.05) is 11.1 Å². The number of hydrogen-bond donors (Lipinski definition) is 5. The summed E-state index contributed by atoms with van der Waals surface area (Å²) in [4.78, 5) is 0. The van der Waals surface area contributed by atoms with Crippen molar-refractivity contribution in [2.24, 2.45) is 11.5 Å². The van der Waals surface area contributed by atoms with Crippen LogP contribution in [0, 0.1) is 10.8 Å². The molecule has 2 aromatic carbocycles. The quantitative estimate of drug-likeness (QED) is 0.164. The van der Waals surface area contributed by atoms with E-state index in [4.69, 9.17) is 36.3 Å². The smallest absolute Gasteiger partial charge is 0.261 e. The van der Waals surface area contributed by atoms with Gasteiger partial charge in [0.15, 0.2) is 0 Å². The number of nitrogens with two attached hydrogens (primary N) is 2. The van der Waals surface area contributed by atoms with Crippen LogP contribution in [0.25, 0.3) is 0 Å². The molecule has 0 radical (unpaired) electrons. The minimum absolute atomic E-state index is 0.0579. The van der Waals surface area contributed by atoms with Crippen LogP contribution in [0.1, 0.15) is 30.4 Å². The van der Waals surface area contributed by atoms with Gasteiger partial charge in [0.25, 0.3) is 10.1 Å². The van der Waals surface area contributed by atoms with E-state index in [-0.39, 0.29) is 11.7 Å². The van der Waals surface area contributed by atoms with Crippen LogP contribution in [0.15, 0.2) is 48.5 Å². The van der Waals surface area contributed by atoms with Crippen LogP contribution in [0.4, 0.5) is 0 Å². The molecule has 7 N–H and O–H groups in total. The minimum atomic E-state index is -3.67. The summed E-state index contributed by atoms with van der Waals surface area (Å²) in [5.74, 6) is 1.68. The molecule has 0 aliphatic heterocycles. The summed E-state index contributed by atoms with van der Waals surface area (Å²) in [6.45, 7) is 1.29. The molecule has 0 bridgehead atoms. The second-order valence-corrected chi connectivity index (χ2v) is 7.83. The number of nitrogens with one attached hydrogen (secondary N) is 2. The fourth-order valence-corrected chi connectivity index (χ4v) is 2.22. The number of nitrogen functional groups attached to an aromatic ring is 2. The Bertz CT molecular complexity index is 844. The van der Waals surface area contributed by atoms with E-state index in [0.717, 1.165) is 30.8 Å². The van der Waals surface area contributed by atoms with Crippen LogP contribution in [0.5, 0.6) is 11.5 Å². The third-order valence-electron chi connectivity index (χ3n) is 3.66. The molecular weight excluding hydrogens is 408 g/mol. The number of rotatable bonds is 10. The molecule has 0 aliphatic carbocycles. The van der Waals surface area contributed by atoms with E-state index in [0.29, 0.717) is 30.6 Å². The van der Waals surface area contributed by atoms with Gasteiger partial charge in [0.1, 0.15) is 23.2 Å². The molecular formula is C20H28N4O5S. The predicted molar refractivity (Wildman–Crippen MR) is 117 cm³/mol. The molecule has 164 valence electrons. The topological polar surface area (TPSA) is 173 Å². The predicted octanol–water partition coefficient (Wildman–Crippen LogP) is 2.39. The molecule has 0 unspecified atom stereocenters. The summed E-state index contributed by atoms with van der Waals surface area (Å²) >= 11 is 0. The number of unbranched alkanes of at least 4 members (excludes halogenated alkanes) is 2. The van der Waals surface area contributed by atoms with Gasteiger partial charge in [-0.15, -0.1) is 0 Å². The van der Waals surface area contributed by atoms with E-state index in [1.807, 2.05) is 24.3 Å². The van der Waals surface area contributed by atoms with Crippen LogP contribution < -0.4 is 20.9 Å². The van der Waals surface area contributed by atoms with E-state index in [2.05, 4.69) is 0 Å². The van der Waals surface area contributed by atoms with E-state index >= 15 is 0 Å². The molecule has 0 aliphatic rings. The van der Waals surface area contributed by atoms with Gasteiger partial charge >= 0.3 is 0 Å². The van der Waals surface area contributed by atoms with Crippen molar-refractivity contribution in [1.82, 2.24) is 0 Å². The lowest BCUT2D eigenvalue weighted by Gasteiger charge is -2.08. The molecule has 0 atom stereocenters. The summed E-state index contributed by atoms with van der Waals surface area (Å²) < 4.78 is 37.2. The third-order valence-corrected chi connectivity index (χ3v) is 3.66. The Balaban J connectivity index is 0.000000804. The van der Waals surface area contributed by atoms with Crippen molar-refractivity contribution in [3.05, 3.63) is 59.7 Å². The van der Waals surface area contributed by atoms with Gasteiger partial charge in [-0.25, -0.2) is 0 Å². The Kier molecular flexibility index (Phi) is 10.3. The molecule has 0 spiro atoms. The maximum absolute atomic E-state index is 9.19. The van der Waals surface area contributed by atoms with Crippen molar-refractivity contribution < 1.29 is 22.4 Å². The molecule has 0 aromatic heterocycles. The highest BCUT2D eigenvalue weighted by Gasteiger charge is 1.99. The third kappa shape index (κ3) is 11.7. The average Bonchev–Trinajstić information content (AvgIpc) is 2.66. The highest BCUT2D eigenvalue weighted by atomic mass is 32.2. The first-order valence-electron chi connectivity index (χ1n) is 9.13. The maximum Gasteiger partial charge on any atom is 0.261 e. The van der Waals surface area contributed by atoms with Crippen molar-refractivity contribution >= 4 is 21.8 Å². The Morgan fingerprint density at radius 1 is 0.800 bits per heavy atom. The zero-order valence-corrected chi connectivity index (χ0v) is 17.6. The minimum Gasteiger partial charge on any atom is -0.494 e. The highest BCUT2D eigenvalue weighted by Crippen LogP contribution is 2.14. The van der Waals surface area contributed by atoms with Gasteiger partial charge in [-0.1, -0.05) is 0 Å². The van der Waals surface area contributed by atoms with Crippen molar-refractivity contribution in [2.45, 2.75) is 19.3 Å². The monoisotopic (exact) mass is 436 g/mol. The number of ether oxygens (including phenoxy) is 2. The number of amidine groups is 2. The van der Waals surface area contributed by atoms with Crippen LogP contribution in [0.2, 0.25) is 0 Å². The van der Waals surface area contributed by atoms with Gasteiger partial charge in [0.05, 0.1) is 19.5 Å². The SMILES string of the molecule is CS(=O)(=O)O.N=C(N)c1ccc(OCCCCCOc2ccc(C(=N)N)cc2)cc1. The molecule has 2 aromatic rings. The first kappa shape index (κ1) is 24.9. The van der Waals surface area contributed by atoms with E-state index < -0.39 is 10.1 Å². The molecule has 0 saturated heterocycles. The summed E-state index contributed by atoms with van der Waals surface area (Å²) in [7, 11) is -3.67. The molecule has 0 saturated carbocycles. The lowest BCUT2D eigenvalue weighted by molar-refractivity contribution is 0.279. The molecule has 2 rings (SSSR count). The second-order valence-electron chi connectivity index (χ2n) is 6.37. The molecule has 10 heteroatoms. The van der Waals surface area contributed by atoms with Crippen molar-refractivity contribution in [3.8, 4) is 11.5 Å². The van der Waals surface area contributed by atoms with Gasteiger partial charge in [0.2, 0.25) is 0 Å². The summed E-state index contributed by atoms with van der Waals surface area (Å²) in [5, 5.41) is 14.7. The summed E-state index contributed by atoms with van der Waals surface area (Å²) in [6.07, 6.45) is 3.62. The second kappa shape index (κ2) is 12.5. The summed E-state index contributed by atoms with van der Waals surface area (Å²) in [5.41, 5.74) is 12.2. The zero-order valence-electron chi connectivity index (χ0n) is 16.8. The highest BCUT2D eigenvalue weighted by molar-refractivity contribution is 7.85. The molecule has 0 amide bonds. The van der Waals surface area contributed by atoms with Gasteiger partial charge < -0.3 is 20.9 Å². The number of hydrogen-bond acceptors (Lipinski definition) is 6. The zero-order chi connectivity index (χ0) is 22.6. The van der Waals surface area contributed by atoms with E-state index in [1.54, 1.807) is 24.3 Å². The molecule has 30 heavy (non-hydrogen) atoms. The first-order chi connectivity index (χ1) is 14.1.